The van der Waals surface area contributed by atoms with Crippen LogP contribution in [0, 0.1) is 0 Å². The highest BCUT2D eigenvalue weighted by Crippen LogP contribution is 2.20. The Balaban J connectivity index is 0.00000128. The molecule has 4 heterocycles. The Hall–Kier alpha value is -2.58. The van der Waals surface area contributed by atoms with Crippen molar-refractivity contribution in [3.63, 3.8) is 0 Å². The van der Waals surface area contributed by atoms with Crippen LogP contribution in [0.15, 0.2) is 65.5 Å². The summed E-state index contributed by atoms with van der Waals surface area (Å²) in [5.74, 6) is 0.364. The van der Waals surface area contributed by atoms with E-state index < -0.39 is 0 Å². The number of nitrogens with one attached hydrogen (secondary N) is 3. The molecule has 3 N–H and O–H groups in total. The lowest BCUT2D eigenvalue weighted by Gasteiger charge is -2.32. The molecule has 176 valence electrons. The Bertz CT molecular complexity index is 1120. The maximum absolute atomic E-state index is 12.4. The van der Waals surface area contributed by atoms with E-state index in [2.05, 4.69) is 54.8 Å². The van der Waals surface area contributed by atoms with Gasteiger partial charge in [0, 0.05) is 49.0 Å². The molecule has 0 saturated carbocycles. The molecule has 33 heavy (non-hydrogen) atoms. The zero-order valence-electron chi connectivity index (χ0n) is 17.9. The van der Waals surface area contributed by atoms with Crippen LogP contribution in [0.1, 0.15) is 24.0 Å². The van der Waals surface area contributed by atoms with Crippen molar-refractivity contribution < 1.29 is 4.79 Å². The number of nitrogens with zero attached hydrogens (tertiary/aromatic N) is 3. The predicted molar refractivity (Wildman–Crippen MR) is 139 cm³/mol. The van der Waals surface area contributed by atoms with Crippen LogP contribution in [-0.4, -0.2) is 45.9 Å². The van der Waals surface area contributed by atoms with Gasteiger partial charge in [0.05, 0.1) is 0 Å². The summed E-state index contributed by atoms with van der Waals surface area (Å²) in [4.78, 5) is 26.7. The highest BCUT2D eigenvalue weighted by atomic mass is 35.5. The minimum atomic E-state index is -0.183. The fraction of sp³-hybridized carbons (Fsp3) is 0.261. The topological polar surface area (TPSA) is 85.4 Å². The van der Waals surface area contributed by atoms with Crippen LogP contribution in [0.4, 0.5) is 0 Å². The molecule has 5 rings (SSSR count). The zero-order chi connectivity index (χ0) is 20.3. The second kappa shape index (κ2) is 12.0. The second-order valence-electron chi connectivity index (χ2n) is 7.77. The van der Waals surface area contributed by atoms with Crippen molar-refractivity contribution >= 4 is 66.2 Å². The van der Waals surface area contributed by atoms with Crippen molar-refractivity contribution in [1.82, 2.24) is 25.5 Å². The number of piperidine rings is 1. The number of aliphatic imine (C=N–C) groups is 1. The Kier molecular flexibility index (Phi) is 9.73. The summed E-state index contributed by atoms with van der Waals surface area (Å²) in [5, 5.41) is 7.24. The number of halogens is 3. The highest BCUT2D eigenvalue weighted by molar-refractivity contribution is 6.14. The molecule has 1 aromatic carbocycles. The average molecular weight is 510 g/mol. The summed E-state index contributed by atoms with van der Waals surface area (Å²) in [5.41, 5.74) is 3.46. The van der Waals surface area contributed by atoms with Crippen LogP contribution in [0.3, 0.4) is 0 Å². The number of H-pyrrole nitrogens is 1. The second-order valence-corrected chi connectivity index (χ2v) is 7.77. The minimum Gasteiger partial charge on any atom is -0.353 e. The number of carbonyl (C=O) groups excluding carboxylic acids is 1. The summed E-state index contributed by atoms with van der Waals surface area (Å²) >= 11 is 0. The number of aromatic nitrogens is 2. The summed E-state index contributed by atoms with van der Waals surface area (Å²) in [7, 11) is 0. The molecule has 0 aliphatic carbocycles. The van der Waals surface area contributed by atoms with E-state index in [1.165, 1.54) is 5.56 Å². The Morgan fingerprint density at radius 2 is 1.82 bits per heavy atom. The van der Waals surface area contributed by atoms with Crippen molar-refractivity contribution in [3.05, 3.63) is 71.7 Å². The highest BCUT2D eigenvalue weighted by Gasteiger charge is 2.25. The van der Waals surface area contributed by atoms with E-state index in [1.54, 1.807) is 12.3 Å². The SMILES string of the molecule is Cl.Cl.Cl.O=C1NC(NC2CCN(Cc3ccccc3)CC2)=N/C1=C\c1c[nH]c2ncccc12. The van der Waals surface area contributed by atoms with Crippen molar-refractivity contribution in [1.29, 1.82) is 0 Å². The standard InChI is InChI=1S/C23H24N6O.3ClH/c30-22-20(13-17-14-25-21-19(17)7-4-10-24-21)27-23(28-22)26-18-8-11-29(12-9-18)15-16-5-2-1-3-6-16;;;/h1-7,10,13-14,18H,8-9,11-12,15H2,(H,24,25)(H2,26,27,28,30);3*1H/b20-13-;;;. The number of likely N-dealkylation sites (tertiary alicyclic amines) is 1. The van der Waals surface area contributed by atoms with Gasteiger partial charge in [-0.15, -0.1) is 37.2 Å². The molecule has 2 aliphatic rings. The zero-order valence-corrected chi connectivity index (χ0v) is 20.3. The number of pyridine rings is 1. The van der Waals surface area contributed by atoms with Gasteiger partial charge in [0.1, 0.15) is 11.3 Å². The molecule has 2 aliphatic heterocycles. The lowest BCUT2D eigenvalue weighted by molar-refractivity contribution is -0.115. The first kappa shape index (κ1) is 26.7. The van der Waals surface area contributed by atoms with E-state index in [0.717, 1.165) is 49.1 Å². The lowest BCUT2D eigenvalue weighted by atomic mass is 10.0. The predicted octanol–water partition coefficient (Wildman–Crippen LogP) is 3.91. The molecule has 0 unspecified atom stereocenters. The van der Waals surface area contributed by atoms with Crippen molar-refractivity contribution in [2.75, 3.05) is 13.1 Å². The number of guanidine groups is 1. The number of hydrogen-bond acceptors (Lipinski definition) is 5. The molecule has 0 atom stereocenters. The Labute approximate surface area is 211 Å². The normalized spacial score (nSPS) is 17.5. The molecular formula is C23H27Cl3N6O. The molecule has 7 nitrogen and oxygen atoms in total. The summed E-state index contributed by atoms with van der Waals surface area (Å²) in [6.45, 7) is 3.04. The number of benzene rings is 1. The number of aromatic amines is 1. The average Bonchev–Trinajstić information content (AvgIpc) is 3.34. The first-order valence-corrected chi connectivity index (χ1v) is 10.3. The van der Waals surface area contributed by atoms with Gasteiger partial charge >= 0.3 is 0 Å². The van der Waals surface area contributed by atoms with Gasteiger partial charge in [0.15, 0.2) is 0 Å². The molecule has 1 fully saturated rings. The van der Waals surface area contributed by atoms with Gasteiger partial charge in [-0.3, -0.25) is 15.0 Å². The monoisotopic (exact) mass is 508 g/mol. The van der Waals surface area contributed by atoms with E-state index in [-0.39, 0.29) is 43.1 Å². The maximum Gasteiger partial charge on any atom is 0.276 e. The Morgan fingerprint density at radius 1 is 1.06 bits per heavy atom. The van der Waals surface area contributed by atoms with E-state index in [4.69, 9.17) is 0 Å². The van der Waals surface area contributed by atoms with Gasteiger partial charge in [-0.2, -0.15) is 0 Å². The molecule has 1 amide bonds. The van der Waals surface area contributed by atoms with E-state index >= 15 is 0 Å². The first-order valence-electron chi connectivity index (χ1n) is 10.3. The van der Waals surface area contributed by atoms with E-state index in [1.807, 2.05) is 24.4 Å². The number of fused-ring (bicyclic) bond motifs is 1. The van der Waals surface area contributed by atoms with Gasteiger partial charge < -0.3 is 10.3 Å². The lowest BCUT2D eigenvalue weighted by Crippen LogP contribution is -2.47. The van der Waals surface area contributed by atoms with Gasteiger partial charge in [0.2, 0.25) is 5.96 Å². The van der Waals surface area contributed by atoms with Crippen LogP contribution >= 0.6 is 37.2 Å². The molecule has 0 spiro atoms. The smallest absolute Gasteiger partial charge is 0.276 e. The molecule has 0 bridgehead atoms. The quantitative estimate of drug-likeness (QED) is 0.466. The van der Waals surface area contributed by atoms with Gasteiger partial charge in [0.25, 0.3) is 5.91 Å². The van der Waals surface area contributed by atoms with Crippen LogP contribution < -0.4 is 10.6 Å². The number of carbonyl (C=O) groups is 1. The molecule has 1 saturated heterocycles. The minimum absolute atomic E-state index is 0. The maximum atomic E-state index is 12.4. The fourth-order valence-electron chi connectivity index (χ4n) is 4.05. The molecule has 3 aromatic rings. The molecule has 2 aromatic heterocycles. The van der Waals surface area contributed by atoms with Crippen LogP contribution in [0.5, 0.6) is 0 Å². The summed E-state index contributed by atoms with van der Waals surface area (Å²) in [6.07, 6.45) is 7.43. The number of amides is 1. The van der Waals surface area contributed by atoms with Crippen LogP contribution in [0.2, 0.25) is 0 Å². The third-order valence-electron chi connectivity index (χ3n) is 5.65. The van der Waals surface area contributed by atoms with Crippen molar-refractivity contribution in [2.45, 2.75) is 25.4 Å². The third-order valence-corrected chi connectivity index (χ3v) is 5.65. The van der Waals surface area contributed by atoms with Gasteiger partial charge in [-0.25, -0.2) is 9.98 Å². The van der Waals surface area contributed by atoms with Crippen molar-refractivity contribution in [2.24, 2.45) is 4.99 Å². The van der Waals surface area contributed by atoms with Crippen molar-refractivity contribution in [3.8, 4) is 0 Å². The number of hydrogen-bond donors (Lipinski definition) is 3. The fourth-order valence-corrected chi connectivity index (χ4v) is 4.05. The van der Waals surface area contributed by atoms with E-state index in [0.29, 0.717) is 17.7 Å². The van der Waals surface area contributed by atoms with Crippen LogP contribution in [-0.2, 0) is 11.3 Å². The largest absolute Gasteiger partial charge is 0.353 e. The molecular weight excluding hydrogens is 483 g/mol. The first-order chi connectivity index (χ1) is 14.7. The van der Waals surface area contributed by atoms with Gasteiger partial charge in [-0.1, -0.05) is 30.3 Å². The van der Waals surface area contributed by atoms with E-state index in [9.17, 15) is 4.79 Å². The van der Waals surface area contributed by atoms with Crippen LogP contribution in [0.25, 0.3) is 17.1 Å². The molecule has 10 heteroatoms. The Morgan fingerprint density at radius 3 is 2.58 bits per heavy atom. The molecule has 0 radical (unpaired) electrons. The third kappa shape index (κ3) is 6.26. The summed E-state index contributed by atoms with van der Waals surface area (Å²) < 4.78 is 0. The summed E-state index contributed by atoms with van der Waals surface area (Å²) in [6, 6.07) is 14.7. The van der Waals surface area contributed by atoms with Gasteiger partial charge in [-0.05, 0) is 36.6 Å². The number of rotatable bonds is 4.